The third-order valence-corrected chi connectivity index (χ3v) is 2.39. The van der Waals surface area contributed by atoms with Gasteiger partial charge in [-0.1, -0.05) is 0 Å². The number of nitrogens with zero attached hydrogens (tertiary/aromatic N) is 1. The minimum Gasteiger partial charge on any atom is -0.398 e. The van der Waals surface area contributed by atoms with E-state index in [4.69, 9.17) is 11.0 Å². The number of hydrogen-bond donors (Lipinski definition) is 1. The average Bonchev–Trinajstić information content (AvgIpc) is 1.99. The molecule has 0 saturated heterocycles. The molecule has 2 N–H and O–H groups in total. The summed E-state index contributed by atoms with van der Waals surface area (Å²) in [6, 6.07) is 4.37. The third-order valence-electron chi connectivity index (χ3n) is 1.23. The Hall–Kier alpha value is -0.830. The van der Waals surface area contributed by atoms with Crippen LogP contribution in [0.5, 0.6) is 0 Å². The first kappa shape index (κ1) is 8.27. The number of nitrogens with two attached hydrogens (primary N) is 1. The van der Waals surface area contributed by atoms with Crippen molar-refractivity contribution in [3.63, 3.8) is 0 Å². The van der Waals surface area contributed by atoms with Crippen LogP contribution in [0.3, 0.4) is 0 Å². The second-order valence-electron chi connectivity index (χ2n) is 1.94. The fraction of sp³-hybridized carbons (Fsp3) is 0. The van der Waals surface area contributed by atoms with Crippen molar-refractivity contribution in [2.24, 2.45) is 0 Å². The van der Waals surface area contributed by atoms with E-state index >= 15 is 0 Å². The number of nitriles is 1. The van der Waals surface area contributed by atoms with E-state index in [0.717, 1.165) is 0 Å². The van der Waals surface area contributed by atoms with Gasteiger partial charge in [0.25, 0.3) is 0 Å². The minimum absolute atomic E-state index is 0.0191. The van der Waals surface area contributed by atoms with Gasteiger partial charge in [0, 0.05) is 5.69 Å². The molecule has 0 spiro atoms. The van der Waals surface area contributed by atoms with E-state index in [1.807, 2.05) is 22.6 Å². The van der Waals surface area contributed by atoms with Gasteiger partial charge in [-0.2, -0.15) is 5.26 Å². The fourth-order valence-electron chi connectivity index (χ4n) is 0.671. The summed E-state index contributed by atoms with van der Waals surface area (Å²) in [4.78, 5) is 0. The summed E-state index contributed by atoms with van der Waals surface area (Å²) in [7, 11) is 0. The Morgan fingerprint density at radius 1 is 1.55 bits per heavy atom. The average molecular weight is 262 g/mol. The quantitative estimate of drug-likeness (QED) is 0.573. The van der Waals surface area contributed by atoms with Crippen molar-refractivity contribution in [3.8, 4) is 6.07 Å². The number of nitrogen functional groups attached to an aromatic ring is 1. The largest absolute Gasteiger partial charge is 0.398 e. The summed E-state index contributed by atoms with van der Waals surface area (Å²) in [6.07, 6.45) is 0. The molecular weight excluding hydrogens is 258 g/mol. The van der Waals surface area contributed by atoms with Gasteiger partial charge < -0.3 is 5.73 Å². The summed E-state index contributed by atoms with van der Waals surface area (Å²) < 4.78 is 13.2. The smallest absolute Gasteiger partial charge is 0.142 e. The standard InChI is InChI=1S/C7H4FIN2/c8-5-1-2-6(11)7(9)4(5)3-10/h1-2H,11H2. The van der Waals surface area contributed by atoms with Gasteiger partial charge in [0.15, 0.2) is 0 Å². The minimum atomic E-state index is -0.522. The van der Waals surface area contributed by atoms with Gasteiger partial charge in [-0.15, -0.1) is 0 Å². The first-order valence-electron chi connectivity index (χ1n) is 2.80. The SMILES string of the molecule is N#Cc1c(F)ccc(N)c1I. The number of anilines is 1. The summed E-state index contributed by atoms with van der Waals surface area (Å²) in [5.41, 5.74) is 5.89. The molecule has 0 aliphatic heterocycles. The highest BCUT2D eigenvalue weighted by molar-refractivity contribution is 14.1. The molecule has 0 fully saturated rings. The molecule has 1 aromatic rings. The highest BCUT2D eigenvalue weighted by Gasteiger charge is 2.07. The first-order chi connectivity index (χ1) is 5.16. The highest BCUT2D eigenvalue weighted by Crippen LogP contribution is 2.20. The Labute approximate surface area is 77.0 Å². The molecule has 1 rings (SSSR count). The summed E-state index contributed by atoms with van der Waals surface area (Å²) >= 11 is 1.84. The lowest BCUT2D eigenvalue weighted by molar-refractivity contribution is 0.623. The number of benzene rings is 1. The van der Waals surface area contributed by atoms with E-state index in [2.05, 4.69) is 0 Å². The van der Waals surface area contributed by atoms with Crippen molar-refractivity contribution in [2.75, 3.05) is 5.73 Å². The van der Waals surface area contributed by atoms with Crippen LogP contribution < -0.4 is 5.73 Å². The number of rotatable bonds is 0. The normalized spacial score (nSPS) is 9.18. The molecular formula is C7H4FIN2. The molecule has 0 aromatic heterocycles. The van der Waals surface area contributed by atoms with Crippen LogP contribution >= 0.6 is 22.6 Å². The van der Waals surface area contributed by atoms with Crippen LogP contribution in [0.1, 0.15) is 5.56 Å². The van der Waals surface area contributed by atoms with E-state index in [0.29, 0.717) is 9.26 Å². The maximum Gasteiger partial charge on any atom is 0.142 e. The first-order valence-corrected chi connectivity index (χ1v) is 3.88. The lowest BCUT2D eigenvalue weighted by Crippen LogP contribution is -1.95. The van der Waals surface area contributed by atoms with Crippen molar-refractivity contribution in [2.45, 2.75) is 0 Å². The number of halogens is 2. The Bertz CT molecular complexity index is 330. The Balaban J connectivity index is 3.44. The van der Waals surface area contributed by atoms with Crippen molar-refractivity contribution >= 4 is 28.3 Å². The molecule has 0 aliphatic carbocycles. The lowest BCUT2D eigenvalue weighted by atomic mass is 10.2. The fourth-order valence-corrected chi connectivity index (χ4v) is 1.23. The van der Waals surface area contributed by atoms with Crippen LogP contribution in [-0.2, 0) is 0 Å². The molecule has 0 heterocycles. The topological polar surface area (TPSA) is 49.8 Å². The second kappa shape index (κ2) is 3.05. The van der Waals surface area contributed by atoms with E-state index in [9.17, 15) is 4.39 Å². The summed E-state index contributed by atoms with van der Waals surface area (Å²) in [6.45, 7) is 0. The van der Waals surface area contributed by atoms with E-state index in [1.165, 1.54) is 12.1 Å². The molecule has 0 atom stereocenters. The summed E-state index contributed by atoms with van der Waals surface area (Å²) in [5, 5.41) is 8.47. The van der Waals surface area contributed by atoms with Crippen LogP contribution in [-0.4, -0.2) is 0 Å². The van der Waals surface area contributed by atoms with Crippen LogP contribution in [0.4, 0.5) is 10.1 Å². The molecule has 0 radical (unpaired) electrons. The molecule has 11 heavy (non-hydrogen) atoms. The van der Waals surface area contributed by atoms with Gasteiger partial charge in [0.2, 0.25) is 0 Å². The Kier molecular flexibility index (Phi) is 2.29. The molecule has 2 nitrogen and oxygen atoms in total. The maximum atomic E-state index is 12.7. The van der Waals surface area contributed by atoms with Crippen LogP contribution in [0.2, 0.25) is 0 Å². The van der Waals surface area contributed by atoms with E-state index in [-0.39, 0.29) is 5.56 Å². The zero-order chi connectivity index (χ0) is 8.43. The van der Waals surface area contributed by atoms with Crippen molar-refractivity contribution < 1.29 is 4.39 Å². The summed E-state index contributed by atoms with van der Waals surface area (Å²) in [5.74, 6) is -0.522. The second-order valence-corrected chi connectivity index (χ2v) is 3.02. The van der Waals surface area contributed by atoms with Gasteiger partial charge in [-0.05, 0) is 34.7 Å². The Morgan fingerprint density at radius 2 is 2.18 bits per heavy atom. The third kappa shape index (κ3) is 1.43. The molecule has 0 aliphatic rings. The molecule has 0 saturated carbocycles. The number of hydrogen-bond acceptors (Lipinski definition) is 2. The zero-order valence-corrected chi connectivity index (χ0v) is 7.59. The van der Waals surface area contributed by atoms with Gasteiger partial charge in [-0.25, -0.2) is 4.39 Å². The van der Waals surface area contributed by atoms with E-state index < -0.39 is 5.82 Å². The molecule has 0 unspecified atom stereocenters. The Morgan fingerprint density at radius 3 is 2.64 bits per heavy atom. The maximum absolute atomic E-state index is 12.7. The lowest BCUT2D eigenvalue weighted by Gasteiger charge is -1.99. The van der Waals surface area contributed by atoms with E-state index in [1.54, 1.807) is 6.07 Å². The molecule has 1 aromatic carbocycles. The van der Waals surface area contributed by atoms with Crippen LogP contribution in [0.15, 0.2) is 12.1 Å². The van der Waals surface area contributed by atoms with Crippen LogP contribution in [0, 0.1) is 20.7 Å². The van der Waals surface area contributed by atoms with Crippen molar-refractivity contribution in [3.05, 3.63) is 27.1 Å². The monoisotopic (exact) mass is 262 g/mol. The van der Waals surface area contributed by atoms with Gasteiger partial charge in [0.05, 0.1) is 3.57 Å². The van der Waals surface area contributed by atoms with Crippen molar-refractivity contribution in [1.29, 1.82) is 5.26 Å². The molecule has 56 valence electrons. The molecule has 4 heteroatoms. The van der Waals surface area contributed by atoms with Gasteiger partial charge in [-0.3, -0.25) is 0 Å². The highest BCUT2D eigenvalue weighted by atomic mass is 127. The van der Waals surface area contributed by atoms with Gasteiger partial charge >= 0.3 is 0 Å². The molecule has 0 amide bonds. The predicted molar refractivity (Wildman–Crippen MR) is 48.2 cm³/mol. The molecule has 0 bridgehead atoms. The predicted octanol–water partition coefficient (Wildman–Crippen LogP) is 1.88. The van der Waals surface area contributed by atoms with Crippen LogP contribution in [0.25, 0.3) is 0 Å². The van der Waals surface area contributed by atoms with Crippen molar-refractivity contribution in [1.82, 2.24) is 0 Å². The van der Waals surface area contributed by atoms with Gasteiger partial charge in [0.1, 0.15) is 17.4 Å². The zero-order valence-electron chi connectivity index (χ0n) is 5.44.